The van der Waals surface area contributed by atoms with Crippen molar-refractivity contribution >= 4 is 37.6 Å². The highest BCUT2D eigenvalue weighted by molar-refractivity contribution is 9.10. The zero-order valence-electron chi connectivity index (χ0n) is 9.44. The van der Waals surface area contributed by atoms with E-state index in [1.54, 1.807) is 6.07 Å². The van der Waals surface area contributed by atoms with E-state index >= 15 is 0 Å². The summed E-state index contributed by atoms with van der Waals surface area (Å²) < 4.78 is 27.1. The molecule has 2 rings (SSSR count). The number of aliphatic hydroxyl groups excluding tert-OH is 1. The van der Waals surface area contributed by atoms with Gasteiger partial charge in [0.15, 0.2) is 0 Å². The Morgan fingerprint density at radius 3 is 2.72 bits per heavy atom. The van der Waals surface area contributed by atoms with Crippen LogP contribution in [0.15, 0.2) is 27.6 Å². The van der Waals surface area contributed by atoms with Gasteiger partial charge < -0.3 is 5.11 Å². The molecule has 100 valence electrons. The molecule has 0 aromatic heterocycles. The maximum atomic E-state index is 12.0. The van der Waals surface area contributed by atoms with E-state index in [0.29, 0.717) is 4.47 Å². The molecule has 1 aliphatic carbocycles. The van der Waals surface area contributed by atoms with E-state index in [1.807, 2.05) is 0 Å². The predicted molar refractivity (Wildman–Crippen MR) is 73.1 cm³/mol. The minimum Gasteiger partial charge on any atom is -0.391 e. The van der Waals surface area contributed by atoms with Crippen molar-refractivity contribution in [1.82, 2.24) is 4.72 Å². The minimum atomic E-state index is -3.67. The van der Waals surface area contributed by atoms with Crippen LogP contribution in [0.1, 0.15) is 12.8 Å². The van der Waals surface area contributed by atoms with E-state index < -0.39 is 16.1 Å². The number of sulfonamides is 1. The Morgan fingerprint density at radius 2 is 2.17 bits per heavy atom. The molecule has 1 fully saturated rings. The maximum absolute atomic E-state index is 12.0. The van der Waals surface area contributed by atoms with Gasteiger partial charge in [0.25, 0.3) is 0 Å². The highest BCUT2D eigenvalue weighted by Gasteiger charge is 2.30. The summed E-state index contributed by atoms with van der Waals surface area (Å²) in [6, 6.07) is 4.56. The zero-order chi connectivity index (χ0) is 13.3. The van der Waals surface area contributed by atoms with Crippen molar-refractivity contribution in [3.05, 3.63) is 27.7 Å². The van der Waals surface area contributed by atoms with Gasteiger partial charge in [-0.15, -0.1) is 0 Å². The summed E-state index contributed by atoms with van der Waals surface area (Å²) in [7, 11) is -3.67. The lowest BCUT2D eigenvalue weighted by atomic mass is 10.2. The second-order valence-corrected chi connectivity index (χ2v) is 7.39. The molecule has 0 saturated heterocycles. The molecule has 4 nitrogen and oxygen atoms in total. The van der Waals surface area contributed by atoms with Crippen LogP contribution in [0.25, 0.3) is 0 Å². The van der Waals surface area contributed by atoms with Crippen molar-refractivity contribution in [1.29, 1.82) is 0 Å². The highest BCUT2D eigenvalue weighted by Crippen LogP contribution is 2.32. The molecule has 18 heavy (non-hydrogen) atoms. The van der Waals surface area contributed by atoms with Crippen molar-refractivity contribution < 1.29 is 13.5 Å². The van der Waals surface area contributed by atoms with Crippen molar-refractivity contribution in [2.75, 3.05) is 6.54 Å². The molecule has 0 aliphatic heterocycles. The molecule has 0 amide bonds. The minimum absolute atomic E-state index is 0.0235. The summed E-state index contributed by atoms with van der Waals surface area (Å²) in [5.41, 5.74) is 0. The van der Waals surface area contributed by atoms with Gasteiger partial charge in [0, 0.05) is 11.0 Å². The fourth-order valence-electron chi connectivity index (χ4n) is 1.61. The Bertz CT molecular complexity index is 545. The average molecular weight is 355 g/mol. The van der Waals surface area contributed by atoms with Gasteiger partial charge >= 0.3 is 0 Å². The Kier molecular flexibility index (Phi) is 4.33. The number of nitrogens with one attached hydrogen (secondary N) is 1. The molecule has 0 bridgehead atoms. The summed E-state index contributed by atoms with van der Waals surface area (Å²) in [6.07, 6.45) is 1.30. The largest absolute Gasteiger partial charge is 0.391 e. The van der Waals surface area contributed by atoms with Gasteiger partial charge in [-0.25, -0.2) is 13.1 Å². The SMILES string of the molecule is O=S(=O)(NCC(O)C1CC1)c1ccc(Br)cc1Cl. The number of hydrogen-bond acceptors (Lipinski definition) is 3. The first-order chi connectivity index (χ1) is 8.40. The first-order valence-corrected chi connectivity index (χ1v) is 8.18. The topological polar surface area (TPSA) is 66.4 Å². The standard InChI is InChI=1S/C11H13BrClNO3S/c12-8-3-4-11(9(13)5-8)18(16,17)14-6-10(15)7-1-2-7/h3-5,7,10,14-15H,1-2,6H2. The lowest BCUT2D eigenvalue weighted by molar-refractivity contribution is 0.155. The van der Waals surface area contributed by atoms with Gasteiger partial charge in [-0.1, -0.05) is 27.5 Å². The van der Waals surface area contributed by atoms with Crippen LogP contribution in [0, 0.1) is 5.92 Å². The molecule has 0 heterocycles. The van der Waals surface area contributed by atoms with Gasteiger partial charge in [0.1, 0.15) is 4.90 Å². The van der Waals surface area contributed by atoms with E-state index in [-0.39, 0.29) is 22.4 Å². The summed E-state index contributed by atoms with van der Waals surface area (Å²) in [5, 5.41) is 9.80. The second-order valence-electron chi connectivity index (χ2n) is 4.33. The summed E-state index contributed by atoms with van der Waals surface area (Å²) in [4.78, 5) is 0.0235. The Hall–Kier alpha value is -0.140. The fraction of sp³-hybridized carbons (Fsp3) is 0.455. The normalized spacial score (nSPS) is 17.7. The molecule has 1 aromatic carbocycles. The van der Waals surface area contributed by atoms with Gasteiger partial charge in [-0.2, -0.15) is 0 Å². The number of benzene rings is 1. The van der Waals surface area contributed by atoms with E-state index in [4.69, 9.17) is 11.6 Å². The van der Waals surface area contributed by atoms with Crippen LogP contribution in [0.3, 0.4) is 0 Å². The summed E-state index contributed by atoms with van der Waals surface area (Å²) in [6.45, 7) is 0.0272. The van der Waals surface area contributed by atoms with Crippen LogP contribution in [0.2, 0.25) is 5.02 Å². The Balaban J connectivity index is 2.09. The third-order valence-corrected chi connectivity index (χ3v) is 5.23. The van der Waals surface area contributed by atoms with Gasteiger partial charge in [0.2, 0.25) is 10.0 Å². The molecular formula is C11H13BrClNO3S. The summed E-state index contributed by atoms with van der Waals surface area (Å²) in [5.74, 6) is 0.230. The molecule has 1 unspecified atom stereocenters. The maximum Gasteiger partial charge on any atom is 0.242 e. The van der Waals surface area contributed by atoms with Crippen LogP contribution in [0.4, 0.5) is 0 Å². The van der Waals surface area contributed by atoms with Crippen LogP contribution >= 0.6 is 27.5 Å². The third kappa shape index (κ3) is 3.45. The number of halogens is 2. The van der Waals surface area contributed by atoms with E-state index in [9.17, 15) is 13.5 Å². The van der Waals surface area contributed by atoms with Crippen LogP contribution in [-0.2, 0) is 10.0 Å². The Morgan fingerprint density at radius 1 is 1.50 bits per heavy atom. The predicted octanol–water partition coefficient (Wildman–Crippen LogP) is 2.15. The highest BCUT2D eigenvalue weighted by atomic mass is 79.9. The van der Waals surface area contributed by atoms with Crippen LogP contribution in [0.5, 0.6) is 0 Å². The second kappa shape index (κ2) is 5.46. The van der Waals surface area contributed by atoms with E-state index in [0.717, 1.165) is 12.8 Å². The van der Waals surface area contributed by atoms with Gasteiger partial charge in [-0.3, -0.25) is 0 Å². The lowest BCUT2D eigenvalue weighted by Crippen LogP contribution is -2.33. The molecule has 0 radical (unpaired) electrons. The fourth-order valence-corrected chi connectivity index (χ4v) is 3.70. The number of hydrogen-bond donors (Lipinski definition) is 2. The molecule has 2 N–H and O–H groups in total. The monoisotopic (exact) mass is 353 g/mol. The van der Waals surface area contributed by atoms with Gasteiger partial charge in [-0.05, 0) is 37.0 Å². The van der Waals surface area contributed by atoms with Crippen molar-refractivity contribution in [2.45, 2.75) is 23.8 Å². The molecule has 0 spiro atoms. The first-order valence-electron chi connectivity index (χ1n) is 5.53. The van der Waals surface area contributed by atoms with Crippen molar-refractivity contribution in [2.24, 2.45) is 5.92 Å². The van der Waals surface area contributed by atoms with Crippen molar-refractivity contribution in [3.63, 3.8) is 0 Å². The number of aliphatic hydroxyl groups is 1. The summed E-state index contributed by atoms with van der Waals surface area (Å²) >= 11 is 9.11. The Labute approximate surface area is 120 Å². The first kappa shape index (κ1) is 14.3. The molecule has 1 saturated carbocycles. The van der Waals surface area contributed by atoms with Crippen LogP contribution < -0.4 is 4.72 Å². The zero-order valence-corrected chi connectivity index (χ0v) is 12.6. The molecule has 1 atom stereocenters. The molecule has 7 heteroatoms. The lowest BCUT2D eigenvalue weighted by Gasteiger charge is -2.12. The molecule has 1 aliphatic rings. The van der Waals surface area contributed by atoms with Crippen molar-refractivity contribution in [3.8, 4) is 0 Å². The van der Waals surface area contributed by atoms with E-state index in [1.165, 1.54) is 12.1 Å². The molecule has 1 aromatic rings. The van der Waals surface area contributed by atoms with E-state index in [2.05, 4.69) is 20.7 Å². The van der Waals surface area contributed by atoms with Gasteiger partial charge in [0.05, 0.1) is 11.1 Å². The average Bonchev–Trinajstić information content (AvgIpc) is 3.09. The third-order valence-electron chi connectivity index (χ3n) is 2.83. The number of rotatable bonds is 5. The molecular weight excluding hydrogens is 342 g/mol. The smallest absolute Gasteiger partial charge is 0.242 e. The quantitative estimate of drug-likeness (QED) is 0.851. The van der Waals surface area contributed by atoms with Crippen LogP contribution in [-0.4, -0.2) is 26.2 Å².